The number of hydrogen-bond donors (Lipinski definition) is 1. The highest BCUT2D eigenvalue weighted by atomic mass is 32.1. The Labute approximate surface area is 163 Å². The van der Waals surface area contributed by atoms with Crippen molar-refractivity contribution in [2.75, 3.05) is 12.4 Å². The maximum absolute atomic E-state index is 12.4. The number of thiazole rings is 1. The van der Waals surface area contributed by atoms with Crippen LogP contribution in [0, 0.1) is 6.92 Å². The van der Waals surface area contributed by atoms with Gasteiger partial charge < -0.3 is 10.1 Å². The largest absolute Gasteiger partial charge is 0.497 e. The smallest absolute Gasteiger partial charge is 0.226 e. The number of carbonyl (C=O) groups is 1. The molecule has 3 aromatic heterocycles. The average Bonchev–Trinajstić information content (AvgIpc) is 3.39. The number of methoxy groups -OCH3 is 1. The van der Waals surface area contributed by atoms with Gasteiger partial charge in [-0.1, -0.05) is 11.3 Å². The number of aryl methyl sites for hydroxylation is 1. The normalized spacial score (nSPS) is 16.4. The van der Waals surface area contributed by atoms with Gasteiger partial charge in [0, 0.05) is 17.9 Å². The molecule has 1 aliphatic rings. The SMILES string of the molecule is COc1ccc2nc(-n3nc(C)c4c3NC(=O)C[C@H]4c3ccsc3)sc2c1. The predicted molar refractivity (Wildman–Crippen MR) is 107 cm³/mol. The Balaban J connectivity index is 1.67. The lowest BCUT2D eigenvalue weighted by Crippen LogP contribution is -2.24. The number of hydrogen-bond acceptors (Lipinski definition) is 6. The Morgan fingerprint density at radius 1 is 1.33 bits per heavy atom. The van der Waals surface area contributed by atoms with Crippen molar-refractivity contribution >= 4 is 44.6 Å². The summed E-state index contributed by atoms with van der Waals surface area (Å²) in [6.45, 7) is 1.99. The van der Waals surface area contributed by atoms with Crippen LogP contribution in [-0.2, 0) is 4.79 Å². The first-order chi connectivity index (χ1) is 13.1. The van der Waals surface area contributed by atoms with Crippen LogP contribution in [0.5, 0.6) is 5.75 Å². The minimum absolute atomic E-state index is 0.00244. The van der Waals surface area contributed by atoms with Gasteiger partial charge in [-0.2, -0.15) is 21.1 Å². The number of fused-ring (bicyclic) bond motifs is 2. The summed E-state index contributed by atoms with van der Waals surface area (Å²) in [5.41, 5.74) is 4.03. The van der Waals surface area contributed by atoms with Gasteiger partial charge >= 0.3 is 0 Å². The standard InChI is InChI=1S/C19H16N4O2S2/c1-10-17-13(11-5-6-26-9-11)8-16(24)21-18(17)23(22-10)19-20-14-4-3-12(25-2)7-15(14)27-19/h3-7,9,13H,8H2,1-2H3,(H,21,24)/t13-/m0/s1. The molecule has 0 saturated carbocycles. The van der Waals surface area contributed by atoms with Gasteiger partial charge in [-0.15, -0.1) is 0 Å². The average molecular weight is 396 g/mol. The van der Waals surface area contributed by atoms with E-state index in [2.05, 4.69) is 16.8 Å². The summed E-state index contributed by atoms with van der Waals surface area (Å²) in [7, 11) is 1.65. The molecule has 6 nitrogen and oxygen atoms in total. The van der Waals surface area contributed by atoms with Crippen LogP contribution in [0.15, 0.2) is 35.0 Å². The van der Waals surface area contributed by atoms with E-state index in [9.17, 15) is 4.79 Å². The number of amides is 1. The number of thiophene rings is 1. The Morgan fingerprint density at radius 3 is 3.00 bits per heavy atom. The van der Waals surface area contributed by atoms with Crippen molar-refractivity contribution in [3.8, 4) is 10.9 Å². The molecule has 5 rings (SSSR count). The van der Waals surface area contributed by atoms with Gasteiger partial charge in [-0.05, 0) is 47.5 Å². The van der Waals surface area contributed by atoms with Crippen LogP contribution in [-0.4, -0.2) is 27.8 Å². The van der Waals surface area contributed by atoms with E-state index in [1.807, 2.05) is 30.5 Å². The van der Waals surface area contributed by atoms with Gasteiger partial charge in [0.05, 0.1) is 23.0 Å². The first-order valence-electron chi connectivity index (χ1n) is 8.50. The monoisotopic (exact) mass is 396 g/mol. The number of nitrogens with one attached hydrogen (secondary N) is 1. The molecule has 8 heteroatoms. The lowest BCUT2D eigenvalue weighted by molar-refractivity contribution is -0.116. The number of nitrogens with zero attached hydrogens (tertiary/aromatic N) is 3. The summed E-state index contributed by atoms with van der Waals surface area (Å²) >= 11 is 3.17. The molecule has 1 aliphatic heterocycles. The van der Waals surface area contributed by atoms with Crippen LogP contribution in [0.2, 0.25) is 0 Å². The van der Waals surface area contributed by atoms with Gasteiger partial charge in [0.15, 0.2) is 0 Å². The third kappa shape index (κ3) is 2.64. The van der Waals surface area contributed by atoms with E-state index in [1.165, 1.54) is 11.3 Å². The van der Waals surface area contributed by atoms with E-state index in [0.29, 0.717) is 6.42 Å². The topological polar surface area (TPSA) is 69.0 Å². The molecule has 136 valence electrons. The molecule has 27 heavy (non-hydrogen) atoms. The molecular formula is C19H16N4O2S2. The van der Waals surface area contributed by atoms with Crippen LogP contribution in [0.3, 0.4) is 0 Å². The van der Waals surface area contributed by atoms with Crippen molar-refractivity contribution in [3.63, 3.8) is 0 Å². The Kier molecular flexibility index (Phi) is 3.76. The van der Waals surface area contributed by atoms with Crippen LogP contribution >= 0.6 is 22.7 Å². The van der Waals surface area contributed by atoms with Crippen molar-refractivity contribution in [3.05, 3.63) is 51.8 Å². The minimum Gasteiger partial charge on any atom is -0.497 e. The van der Waals surface area contributed by atoms with Crippen molar-refractivity contribution < 1.29 is 9.53 Å². The highest BCUT2D eigenvalue weighted by Crippen LogP contribution is 2.41. The molecule has 0 saturated heterocycles. The van der Waals surface area contributed by atoms with Gasteiger partial charge in [-0.3, -0.25) is 4.79 Å². The fourth-order valence-corrected chi connectivity index (χ4v) is 5.22. The maximum atomic E-state index is 12.4. The van der Waals surface area contributed by atoms with Gasteiger partial charge in [0.1, 0.15) is 11.6 Å². The molecule has 1 N–H and O–H groups in total. The molecule has 0 aliphatic carbocycles. The van der Waals surface area contributed by atoms with Gasteiger partial charge in [0.2, 0.25) is 11.0 Å². The summed E-state index contributed by atoms with van der Waals surface area (Å²) in [5, 5.41) is 12.6. The van der Waals surface area contributed by atoms with Crippen LogP contribution in [0.4, 0.5) is 5.82 Å². The van der Waals surface area contributed by atoms with Crippen molar-refractivity contribution in [1.29, 1.82) is 0 Å². The van der Waals surface area contributed by atoms with Crippen LogP contribution in [0.25, 0.3) is 15.3 Å². The summed E-state index contributed by atoms with van der Waals surface area (Å²) in [6.07, 6.45) is 0.438. The van der Waals surface area contributed by atoms with E-state index in [0.717, 1.165) is 43.7 Å². The quantitative estimate of drug-likeness (QED) is 0.559. The lowest BCUT2D eigenvalue weighted by atomic mass is 9.87. The van der Waals surface area contributed by atoms with E-state index in [4.69, 9.17) is 14.8 Å². The first-order valence-corrected chi connectivity index (χ1v) is 10.3. The van der Waals surface area contributed by atoms with Crippen LogP contribution < -0.4 is 10.1 Å². The predicted octanol–water partition coefficient (Wildman–Crippen LogP) is 4.33. The van der Waals surface area contributed by atoms with E-state index >= 15 is 0 Å². The second-order valence-corrected chi connectivity index (χ2v) is 8.24. The molecule has 1 aromatic carbocycles. The van der Waals surface area contributed by atoms with E-state index < -0.39 is 0 Å². The Hall–Kier alpha value is -2.71. The first kappa shape index (κ1) is 16.5. The fourth-order valence-electron chi connectivity index (χ4n) is 3.55. The number of anilines is 1. The number of carbonyl (C=O) groups excluding carboxylic acids is 1. The Morgan fingerprint density at radius 2 is 2.22 bits per heavy atom. The van der Waals surface area contributed by atoms with Crippen molar-refractivity contribution in [2.45, 2.75) is 19.3 Å². The highest BCUT2D eigenvalue weighted by Gasteiger charge is 2.33. The lowest BCUT2D eigenvalue weighted by Gasteiger charge is -2.23. The summed E-state index contributed by atoms with van der Waals surface area (Å²) in [4.78, 5) is 17.1. The molecule has 4 heterocycles. The molecular weight excluding hydrogens is 380 g/mol. The molecule has 0 fully saturated rings. The zero-order valence-electron chi connectivity index (χ0n) is 14.7. The summed E-state index contributed by atoms with van der Waals surface area (Å²) in [5.74, 6) is 1.55. The van der Waals surface area contributed by atoms with Crippen molar-refractivity contribution in [2.24, 2.45) is 0 Å². The highest BCUT2D eigenvalue weighted by molar-refractivity contribution is 7.20. The number of benzene rings is 1. The molecule has 0 spiro atoms. The molecule has 0 radical (unpaired) electrons. The number of aromatic nitrogens is 3. The van der Waals surface area contributed by atoms with Crippen molar-refractivity contribution in [1.82, 2.24) is 14.8 Å². The summed E-state index contributed by atoms with van der Waals surface area (Å²) in [6, 6.07) is 7.87. The van der Waals surface area contributed by atoms with E-state index in [-0.39, 0.29) is 11.8 Å². The second-order valence-electron chi connectivity index (χ2n) is 6.45. The van der Waals surface area contributed by atoms with Crippen LogP contribution in [0.1, 0.15) is 29.2 Å². The third-order valence-corrected chi connectivity index (χ3v) is 6.51. The third-order valence-electron chi connectivity index (χ3n) is 4.81. The Bertz CT molecular complexity index is 1160. The van der Waals surface area contributed by atoms with Gasteiger partial charge in [0.25, 0.3) is 0 Å². The van der Waals surface area contributed by atoms with E-state index in [1.54, 1.807) is 23.1 Å². The molecule has 0 unspecified atom stereocenters. The number of ether oxygens (including phenoxy) is 1. The molecule has 0 bridgehead atoms. The minimum atomic E-state index is 0.00244. The second kappa shape index (κ2) is 6.17. The van der Waals surface area contributed by atoms with Gasteiger partial charge in [-0.25, -0.2) is 4.98 Å². The zero-order chi connectivity index (χ0) is 18.5. The fraction of sp³-hybridized carbons (Fsp3) is 0.211. The maximum Gasteiger partial charge on any atom is 0.226 e. The number of rotatable bonds is 3. The molecule has 1 amide bonds. The molecule has 4 aromatic rings. The molecule has 1 atom stereocenters. The summed E-state index contributed by atoms with van der Waals surface area (Å²) < 4.78 is 8.08. The zero-order valence-corrected chi connectivity index (χ0v) is 16.4.